The van der Waals surface area contributed by atoms with Crippen LogP contribution in [0.1, 0.15) is 36.6 Å². The average molecular weight is 389 g/mol. The summed E-state index contributed by atoms with van der Waals surface area (Å²) in [5.41, 5.74) is 6.54. The maximum atomic E-state index is 4.90. The third-order valence-corrected chi connectivity index (χ3v) is 6.23. The van der Waals surface area contributed by atoms with Gasteiger partial charge in [0.1, 0.15) is 5.65 Å². The van der Waals surface area contributed by atoms with Crippen LogP contribution in [0.15, 0.2) is 46.4 Å². The molecule has 1 saturated heterocycles. The topological polar surface area (TPSA) is 48.5 Å². The molecule has 0 spiro atoms. The summed E-state index contributed by atoms with van der Waals surface area (Å²) >= 11 is 0. The quantitative estimate of drug-likeness (QED) is 0.806. The Morgan fingerprint density at radius 1 is 1.14 bits per heavy atom. The molecule has 5 heterocycles. The van der Waals surface area contributed by atoms with Crippen LogP contribution in [0.4, 0.5) is 0 Å². The highest BCUT2D eigenvalue weighted by molar-refractivity contribution is 6.31. The zero-order valence-corrected chi connectivity index (χ0v) is 17.5. The second-order valence-electron chi connectivity index (χ2n) is 8.26. The van der Waals surface area contributed by atoms with Crippen LogP contribution < -0.4 is 0 Å². The monoisotopic (exact) mass is 388 g/mol. The minimum absolute atomic E-state index is 0.565. The van der Waals surface area contributed by atoms with Crippen molar-refractivity contribution in [1.82, 2.24) is 19.2 Å². The fourth-order valence-electron chi connectivity index (χ4n) is 4.53. The van der Waals surface area contributed by atoms with Crippen molar-refractivity contribution >= 4 is 23.4 Å². The summed E-state index contributed by atoms with van der Waals surface area (Å²) in [6.45, 7) is 10.7. The number of hydrogen-bond acceptors (Lipinski definition) is 5. The Labute approximate surface area is 172 Å². The Balaban J connectivity index is 1.36. The fourth-order valence-corrected chi connectivity index (χ4v) is 4.53. The summed E-state index contributed by atoms with van der Waals surface area (Å²) in [6, 6.07) is 2.18. The fraction of sp³-hybridized carbons (Fsp3) is 0.435. The molecule has 3 aliphatic rings. The van der Waals surface area contributed by atoms with Crippen molar-refractivity contribution in [2.45, 2.75) is 33.6 Å². The largest absolute Gasteiger partial charge is 0.326 e. The van der Waals surface area contributed by atoms with Crippen LogP contribution in [-0.4, -0.2) is 57.4 Å². The number of aryl methyl sites for hydroxylation is 2. The lowest BCUT2D eigenvalue weighted by Crippen LogP contribution is -2.36. The molecule has 0 amide bonds. The number of aromatic nitrogens is 2. The smallest absolute Gasteiger partial charge is 0.152 e. The molecule has 1 fully saturated rings. The summed E-state index contributed by atoms with van der Waals surface area (Å²) in [6.07, 6.45) is 12.9. The number of pyridine rings is 1. The molecule has 0 radical (unpaired) electrons. The van der Waals surface area contributed by atoms with Gasteiger partial charge in [-0.25, -0.2) is 9.98 Å². The number of hydrogen-bond donors (Lipinski definition) is 0. The van der Waals surface area contributed by atoms with E-state index in [1.165, 1.54) is 31.6 Å². The third-order valence-electron chi connectivity index (χ3n) is 6.23. The van der Waals surface area contributed by atoms with Crippen molar-refractivity contribution in [2.24, 2.45) is 15.9 Å². The van der Waals surface area contributed by atoms with E-state index >= 15 is 0 Å². The number of imidazole rings is 1. The highest BCUT2D eigenvalue weighted by Gasteiger charge is 2.25. The minimum Gasteiger partial charge on any atom is -0.326 e. The normalized spacial score (nSPS) is 20.5. The maximum Gasteiger partial charge on any atom is 0.152 e. The third kappa shape index (κ3) is 3.42. The van der Waals surface area contributed by atoms with Crippen molar-refractivity contribution in [3.63, 3.8) is 0 Å². The molecule has 0 bridgehead atoms. The van der Waals surface area contributed by atoms with E-state index in [1.807, 2.05) is 13.1 Å². The average Bonchev–Trinajstić information content (AvgIpc) is 3.14. The number of rotatable bonds is 3. The predicted molar refractivity (Wildman–Crippen MR) is 118 cm³/mol. The molecule has 5 rings (SSSR count). The Hall–Kier alpha value is -2.73. The number of aliphatic imine (C=N–C) groups is 2. The first-order chi connectivity index (χ1) is 14.1. The van der Waals surface area contributed by atoms with E-state index in [1.54, 1.807) is 0 Å². The zero-order valence-electron chi connectivity index (χ0n) is 17.5. The Morgan fingerprint density at radius 2 is 1.97 bits per heavy atom. The summed E-state index contributed by atoms with van der Waals surface area (Å²) in [7, 11) is 0. The molecular formula is C23H28N6. The molecular weight excluding hydrogens is 360 g/mol. The van der Waals surface area contributed by atoms with Gasteiger partial charge in [0.15, 0.2) is 5.84 Å². The Kier molecular flexibility index (Phi) is 4.59. The highest BCUT2D eigenvalue weighted by Crippen LogP contribution is 2.29. The van der Waals surface area contributed by atoms with Gasteiger partial charge in [-0.15, -0.1) is 0 Å². The number of allylic oxidation sites excluding steroid dienone is 1. The number of likely N-dealkylation sites (tertiary alicyclic amines) is 1. The Morgan fingerprint density at radius 3 is 2.76 bits per heavy atom. The van der Waals surface area contributed by atoms with Crippen LogP contribution in [0, 0.1) is 19.8 Å². The molecule has 0 N–H and O–H groups in total. The molecule has 2 aromatic heterocycles. The second kappa shape index (κ2) is 7.26. The second-order valence-corrected chi connectivity index (χ2v) is 8.26. The van der Waals surface area contributed by atoms with Crippen LogP contribution in [0.5, 0.6) is 0 Å². The summed E-state index contributed by atoms with van der Waals surface area (Å²) in [5, 5.41) is 0. The lowest BCUT2D eigenvalue weighted by atomic mass is 9.93. The van der Waals surface area contributed by atoms with Gasteiger partial charge < -0.3 is 14.2 Å². The lowest BCUT2D eigenvalue weighted by Gasteiger charge is -2.33. The number of nitrogens with zero attached hydrogens (tertiary/aromatic N) is 6. The number of piperidine rings is 1. The van der Waals surface area contributed by atoms with Gasteiger partial charge in [-0.05, 0) is 64.0 Å². The van der Waals surface area contributed by atoms with E-state index < -0.39 is 0 Å². The van der Waals surface area contributed by atoms with Crippen molar-refractivity contribution < 1.29 is 0 Å². The molecule has 0 unspecified atom stereocenters. The first kappa shape index (κ1) is 18.3. The van der Waals surface area contributed by atoms with Crippen molar-refractivity contribution in [1.29, 1.82) is 0 Å². The van der Waals surface area contributed by atoms with Crippen LogP contribution in [0.2, 0.25) is 0 Å². The highest BCUT2D eigenvalue weighted by atomic mass is 15.2. The molecule has 6 nitrogen and oxygen atoms in total. The molecule has 0 aromatic carbocycles. The van der Waals surface area contributed by atoms with Gasteiger partial charge in [0.2, 0.25) is 0 Å². The zero-order chi connectivity index (χ0) is 20.0. The van der Waals surface area contributed by atoms with Crippen molar-refractivity contribution in [2.75, 3.05) is 26.2 Å². The van der Waals surface area contributed by atoms with Crippen LogP contribution in [-0.2, 0) is 0 Å². The lowest BCUT2D eigenvalue weighted by molar-refractivity contribution is 0.206. The van der Waals surface area contributed by atoms with Crippen LogP contribution in [0.3, 0.4) is 0 Å². The van der Waals surface area contributed by atoms with Crippen molar-refractivity contribution in [3.05, 3.63) is 53.3 Å². The molecule has 2 aromatic rings. The van der Waals surface area contributed by atoms with Crippen LogP contribution in [0.25, 0.3) is 11.3 Å². The SMILES string of the molecule is CCN1CCC(C2=CN3CC=C(c4cc(C)c5nc(C)cn5c4)N=C3C=N2)CC1. The number of amidine groups is 1. The summed E-state index contributed by atoms with van der Waals surface area (Å²) < 4.78 is 2.10. The van der Waals surface area contributed by atoms with Crippen molar-refractivity contribution in [3.8, 4) is 0 Å². The van der Waals surface area contributed by atoms with Crippen LogP contribution >= 0.6 is 0 Å². The van der Waals surface area contributed by atoms with Gasteiger partial charge >= 0.3 is 0 Å². The van der Waals surface area contributed by atoms with Gasteiger partial charge in [-0.3, -0.25) is 4.99 Å². The molecule has 0 saturated carbocycles. The van der Waals surface area contributed by atoms with Gasteiger partial charge in [0, 0.05) is 36.6 Å². The van der Waals surface area contributed by atoms with E-state index in [0.717, 1.165) is 47.1 Å². The van der Waals surface area contributed by atoms with E-state index in [0.29, 0.717) is 5.92 Å². The first-order valence-corrected chi connectivity index (χ1v) is 10.6. The van der Waals surface area contributed by atoms with E-state index in [-0.39, 0.29) is 0 Å². The van der Waals surface area contributed by atoms with Gasteiger partial charge in [-0.2, -0.15) is 0 Å². The molecule has 6 heteroatoms. The van der Waals surface area contributed by atoms with Gasteiger partial charge in [0.25, 0.3) is 0 Å². The van der Waals surface area contributed by atoms with Gasteiger partial charge in [-0.1, -0.05) is 6.92 Å². The predicted octanol–water partition coefficient (Wildman–Crippen LogP) is 3.66. The van der Waals surface area contributed by atoms with E-state index in [2.05, 4.69) is 63.8 Å². The maximum absolute atomic E-state index is 4.90. The summed E-state index contributed by atoms with van der Waals surface area (Å²) in [5.74, 6) is 1.49. The molecule has 150 valence electrons. The molecule has 3 aliphatic heterocycles. The van der Waals surface area contributed by atoms with E-state index in [4.69, 9.17) is 9.98 Å². The minimum atomic E-state index is 0.565. The number of fused-ring (bicyclic) bond motifs is 2. The first-order valence-electron chi connectivity index (χ1n) is 10.6. The standard InChI is InChI=1S/C23H28N6/c1-4-27-8-5-18(6-9-27)21-15-28-10-7-20(26-22(28)12-24-21)19-11-16(2)23-25-17(3)13-29(23)14-19/h7,11-15,18H,4-6,8-10H2,1-3H3. The summed E-state index contributed by atoms with van der Waals surface area (Å²) in [4.78, 5) is 19.0. The molecule has 0 aliphatic carbocycles. The van der Waals surface area contributed by atoms with E-state index in [9.17, 15) is 0 Å². The Bertz CT molecular complexity index is 1060. The molecule has 29 heavy (non-hydrogen) atoms. The van der Waals surface area contributed by atoms with Gasteiger partial charge in [0.05, 0.1) is 23.3 Å². The molecule has 0 atom stereocenters.